The van der Waals surface area contributed by atoms with E-state index in [4.69, 9.17) is 0 Å². The average Bonchev–Trinajstić information content (AvgIpc) is 3.64. The first-order valence-electron chi connectivity index (χ1n) is 14.1. The number of hydrogen-bond donors (Lipinski definition) is 1. The molecule has 1 N–H and O–H groups in total. The first-order chi connectivity index (χ1) is 20.3. The molecule has 0 aromatic heterocycles. The van der Waals surface area contributed by atoms with Gasteiger partial charge < -0.3 is 10.0 Å². The van der Waals surface area contributed by atoms with Crippen molar-refractivity contribution in [1.82, 2.24) is 0 Å². The Morgan fingerprint density at radius 2 is 1.64 bits per heavy atom. The Labute approximate surface area is 244 Å². The van der Waals surface area contributed by atoms with Crippen LogP contribution in [-0.2, 0) is 21.4 Å². The van der Waals surface area contributed by atoms with Crippen LogP contribution in [0.2, 0.25) is 0 Å². The number of anilines is 3. The molecule has 0 radical (unpaired) electrons. The lowest BCUT2D eigenvalue weighted by atomic mass is 9.82. The summed E-state index contributed by atoms with van der Waals surface area (Å²) in [4.78, 5) is 27.2. The zero-order valence-electron chi connectivity index (χ0n) is 23.4. The number of rotatable bonds is 5. The first kappa shape index (κ1) is 25.7. The summed E-state index contributed by atoms with van der Waals surface area (Å²) in [5, 5.41) is 14.9. The van der Waals surface area contributed by atoms with Crippen molar-refractivity contribution in [2.75, 3.05) is 16.5 Å². The highest BCUT2D eigenvalue weighted by Crippen LogP contribution is 2.50. The molecule has 4 aromatic rings. The third kappa shape index (κ3) is 4.06. The van der Waals surface area contributed by atoms with Crippen molar-refractivity contribution in [2.45, 2.75) is 25.7 Å². The Bertz CT molecular complexity index is 1870. The summed E-state index contributed by atoms with van der Waals surface area (Å²) in [6.07, 6.45) is 6.07. The Kier molecular flexibility index (Phi) is 5.94. The van der Waals surface area contributed by atoms with Crippen LogP contribution in [0.15, 0.2) is 114 Å². The number of fused-ring (bicyclic) bond motifs is 4. The molecule has 206 valence electrons. The van der Waals surface area contributed by atoms with Gasteiger partial charge >= 0.3 is 5.97 Å². The van der Waals surface area contributed by atoms with Crippen LogP contribution in [0.3, 0.4) is 0 Å². The van der Waals surface area contributed by atoms with Gasteiger partial charge in [0.15, 0.2) is 5.71 Å². The third-order valence-corrected chi connectivity index (χ3v) is 8.51. The van der Waals surface area contributed by atoms with Crippen molar-refractivity contribution >= 4 is 40.7 Å². The van der Waals surface area contributed by atoms with Gasteiger partial charge in [0.05, 0.1) is 11.3 Å². The second-order valence-electron chi connectivity index (χ2n) is 11.3. The van der Waals surface area contributed by atoms with Crippen LogP contribution in [0.25, 0.3) is 17.2 Å². The van der Waals surface area contributed by atoms with E-state index in [1.807, 2.05) is 12.1 Å². The van der Waals surface area contributed by atoms with Gasteiger partial charge in [-0.15, -0.1) is 0 Å². The third-order valence-electron chi connectivity index (χ3n) is 8.51. The molecule has 6 nitrogen and oxygen atoms in total. The summed E-state index contributed by atoms with van der Waals surface area (Å²) in [6.45, 7) is 5.51. The number of carbonyl (C=O) groups is 2. The number of amides is 1. The van der Waals surface area contributed by atoms with Gasteiger partial charge in [-0.05, 0) is 82.3 Å². The molecule has 0 bridgehead atoms. The molecule has 7 rings (SSSR count). The molecule has 4 aromatic carbocycles. The highest BCUT2D eigenvalue weighted by atomic mass is 16.4. The molecule has 0 atom stereocenters. The van der Waals surface area contributed by atoms with Crippen LogP contribution >= 0.6 is 0 Å². The molecular weight excluding hydrogens is 522 g/mol. The van der Waals surface area contributed by atoms with E-state index in [2.05, 4.69) is 84.5 Å². The monoisotopic (exact) mass is 551 g/mol. The van der Waals surface area contributed by atoms with E-state index in [0.717, 1.165) is 23.5 Å². The topological polar surface area (TPSA) is 73.2 Å². The fraction of sp³-hybridized carbons (Fsp3) is 0.139. The second-order valence-corrected chi connectivity index (χ2v) is 11.3. The van der Waals surface area contributed by atoms with Crippen molar-refractivity contribution in [3.05, 3.63) is 131 Å². The standard InChI is InChI=1S/C36H29N3O3/c1-36(2)30-14-7-6-12-27(30)28-17-16-26(22-31(28)36)38-20-19-24-21-23(15-18-32(24)38)9-8-13-29-33(35(41)42)37-39(34(29)40)25-10-4-3-5-11-25/h3-18,21-22H,19-20H2,1-2H3,(H,41,42)/b9-8+,29-13-. The molecule has 0 saturated heterocycles. The minimum Gasteiger partial charge on any atom is -0.476 e. The lowest BCUT2D eigenvalue weighted by Gasteiger charge is -2.25. The number of hydrogen-bond acceptors (Lipinski definition) is 4. The molecule has 0 unspecified atom stereocenters. The minimum atomic E-state index is -1.24. The zero-order valence-corrected chi connectivity index (χ0v) is 23.4. The number of benzene rings is 4. The van der Waals surface area contributed by atoms with E-state index in [0.29, 0.717) is 5.69 Å². The van der Waals surface area contributed by atoms with Gasteiger partial charge in [0.1, 0.15) is 0 Å². The Morgan fingerprint density at radius 3 is 2.45 bits per heavy atom. The highest BCUT2D eigenvalue weighted by molar-refractivity contribution is 6.52. The second kappa shape index (κ2) is 9.70. The predicted octanol–water partition coefficient (Wildman–Crippen LogP) is 7.11. The average molecular weight is 552 g/mol. The van der Waals surface area contributed by atoms with Crippen LogP contribution in [-0.4, -0.2) is 29.2 Å². The normalized spacial score (nSPS) is 17.5. The van der Waals surface area contributed by atoms with Gasteiger partial charge in [0.2, 0.25) is 0 Å². The molecule has 0 saturated carbocycles. The van der Waals surface area contributed by atoms with Gasteiger partial charge in [-0.2, -0.15) is 10.1 Å². The molecule has 0 spiro atoms. The van der Waals surface area contributed by atoms with Gasteiger partial charge in [0, 0.05) is 23.3 Å². The summed E-state index contributed by atoms with van der Waals surface area (Å²) in [7, 11) is 0. The molecule has 42 heavy (non-hydrogen) atoms. The van der Waals surface area contributed by atoms with Gasteiger partial charge in [-0.25, -0.2) is 4.79 Å². The maximum atomic E-state index is 13.0. The minimum absolute atomic E-state index is 0.0440. The van der Waals surface area contributed by atoms with Crippen LogP contribution < -0.4 is 9.91 Å². The van der Waals surface area contributed by atoms with Gasteiger partial charge in [-0.1, -0.05) is 80.6 Å². The van der Waals surface area contributed by atoms with E-state index in [-0.39, 0.29) is 16.7 Å². The van der Waals surface area contributed by atoms with Crippen LogP contribution in [0.5, 0.6) is 0 Å². The smallest absolute Gasteiger partial charge is 0.357 e. The zero-order chi connectivity index (χ0) is 29.0. The van der Waals surface area contributed by atoms with Crippen molar-refractivity contribution < 1.29 is 14.7 Å². The molecule has 1 amide bonds. The van der Waals surface area contributed by atoms with E-state index >= 15 is 0 Å². The SMILES string of the molecule is CC1(C)c2ccccc2-c2ccc(N3CCc4cc(/C=C/C=C5\C(=O)N(c6ccccc6)N=C5C(=O)O)ccc43)cc21. The van der Waals surface area contributed by atoms with Gasteiger partial charge in [0.25, 0.3) is 5.91 Å². The molecule has 1 aliphatic carbocycles. The number of aliphatic carboxylic acids is 1. The molecule has 2 heterocycles. The van der Waals surface area contributed by atoms with Crippen LogP contribution in [0.1, 0.15) is 36.1 Å². The number of nitrogens with zero attached hydrogens (tertiary/aromatic N) is 3. The Hall–Kier alpha value is -5.23. The summed E-state index contributed by atoms with van der Waals surface area (Å²) in [5.41, 5.74) is 10.3. The van der Waals surface area contributed by atoms with Crippen LogP contribution in [0, 0.1) is 0 Å². The highest BCUT2D eigenvalue weighted by Gasteiger charge is 2.36. The van der Waals surface area contributed by atoms with Crippen molar-refractivity contribution in [3.8, 4) is 11.1 Å². The largest absolute Gasteiger partial charge is 0.476 e. The summed E-state index contributed by atoms with van der Waals surface area (Å²) in [6, 6.07) is 30.7. The molecule has 6 heteroatoms. The molecule has 0 fully saturated rings. The summed E-state index contributed by atoms with van der Waals surface area (Å²) < 4.78 is 0. The van der Waals surface area contributed by atoms with E-state index < -0.39 is 11.9 Å². The fourth-order valence-electron chi connectivity index (χ4n) is 6.38. The van der Waals surface area contributed by atoms with E-state index in [9.17, 15) is 14.7 Å². The quantitative estimate of drug-likeness (QED) is 0.268. The van der Waals surface area contributed by atoms with Crippen molar-refractivity contribution in [1.29, 1.82) is 0 Å². The fourth-order valence-corrected chi connectivity index (χ4v) is 6.38. The van der Waals surface area contributed by atoms with Crippen LogP contribution in [0.4, 0.5) is 17.1 Å². The van der Waals surface area contributed by atoms with Gasteiger partial charge in [-0.3, -0.25) is 4.79 Å². The number of hydrazone groups is 1. The lowest BCUT2D eigenvalue weighted by molar-refractivity contribution is -0.129. The van der Waals surface area contributed by atoms with Crippen molar-refractivity contribution in [3.63, 3.8) is 0 Å². The Balaban J connectivity index is 1.13. The molecular formula is C36H29N3O3. The maximum Gasteiger partial charge on any atom is 0.357 e. The van der Waals surface area contributed by atoms with E-state index in [1.165, 1.54) is 45.3 Å². The van der Waals surface area contributed by atoms with E-state index in [1.54, 1.807) is 30.3 Å². The number of carboxylic acid groups (broad SMARTS) is 1. The molecule has 2 aliphatic heterocycles. The summed E-state index contributed by atoms with van der Waals surface area (Å²) in [5.74, 6) is -1.70. The predicted molar refractivity (Wildman–Crippen MR) is 167 cm³/mol. The lowest BCUT2D eigenvalue weighted by Crippen LogP contribution is -2.22. The van der Waals surface area contributed by atoms with Crippen molar-refractivity contribution in [2.24, 2.45) is 5.10 Å². The number of para-hydroxylation sites is 1. The number of allylic oxidation sites excluding steroid dienone is 2. The Morgan fingerprint density at radius 1 is 0.881 bits per heavy atom. The number of carbonyl (C=O) groups excluding carboxylic acids is 1. The molecule has 3 aliphatic rings. The summed E-state index contributed by atoms with van der Waals surface area (Å²) >= 11 is 0. The maximum absolute atomic E-state index is 13.0. The first-order valence-corrected chi connectivity index (χ1v) is 14.1. The number of carboxylic acids is 1.